The van der Waals surface area contributed by atoms with Crippen LogP contribution in [0.25, 0.3) is 0 Å². The number of rotatable bonds is 6. The van der Waals surface area contributed by atoms with Gasteiger partial charge in [0.05, 0.1) is 0 Å². The van der Waals surface area contributed by atoms with Crippen LogP contribution in [0.2, 0.25) is 0 Å². The molecular weight excluding hydrogens is 292 g/mol. The topological polar surface area (TPSA) is 77.5 Å². The monoisotopic (exact) mass is 314 g/mol. The van der Waals surface area contributed by atoms with Crippen LogP contribution in [0, 0.1) is 5.92 Å². The van der Waals surface area contributed by atoms with Gasteiger partial charge in [-0.1, -0.05) is 32.3 Å². The number of ketones is 1. The first kappa shape index (κ1) is 17.6. The molecule has 1 aliphatic carbocycles. The van der Waals surface area contributed by atoms with Crippen molar-refractivity contribution in [2.45, 2.75) is 53.4 Å². The predicted molar refractivity (Wildman–Crippen MR) is 79.8 cm³/mol. The fourth-order valence-corrected chi connectivity index (χ4v) is 3.22. The first-order valence-electron chi connectivity index (χ1n) is 7.11. The maximum absolute atomic E-state index is 12.1. The summed E-state index contributed by atoms with van der Waals surface area (Å²) in [5.74, 6) is -1.85. The summed E-state index contributed by atoms with van der Waals surface area (Å²) in [7, 11) is -4.33. The van der Waals surface area contributed by atoms with Gasteiger partial charge in [-0.2, -0.15) is 8.42 Å². The highest BCUT2D eigenvalue weighted by molar-refractivity contribution is 7.92. The SMILES string of the molecule is CCCCCC(=O)OS(=O)(=O)C1=CC(C)=C(C)C(C)C1=O. The van der Waals surface area contributed by atoms with Crippen LogP contribution in [0.5, 0.6) is 0 Å². The molecular formula is C15H22O5S. The van der Waals surface area contributed by atoms with Crippen LogP contribution in [0.4, 0.5) is 0 Å². The molecule has 0 aromatic heterocycles. The van der Waals surface area contributed by atoms with Crippen LogP contribution >= 0.6 is 0 Å². The minimum Gasteiger partial charge on any atom is -0.342 e. The van der Waals surface area contributed by atoms with Gasteiger partial charge in [0.1, 0.15) is 4.91 Å². The van der Waals surface area contributed by atoms with Gasteiger partial charge in [-0.05, 0) is 31.9 Å². The van der Waals surface area contributed by atoms with E-state index < -0.39 is 32.7 Å². The second-order valence-corrected chi connectivity index (χ2v) is 6.84. The average Bonchev–Trinajstić information content (AvgIpc) is 2.40. The van der Waals surface area contributed by atoms with Gasteiger partial charge in [-0.3, -0.25) is 9.59 Å². The van der Waals surface area contributed by atoms with Gasteiger partial charge < -0.3 is 4.18 Å². The van der Waals surface area contributed by atoms with Gasteiger partial charge in [0.25, 0.3) is 0 Å². The van der Waals surface area contributed by atoms with E-state index in [1.807, 2.05) is 6.92 Å². The molecule has 5 nitrogen and oxygen atoms in total. The van der Waals surface area contributed by atoms with Crippen LogP contribution in [0.3, 0.4) is 0 Å². The maximum Gasteiger partial charge on any atom is 0.345 e. The van der Waals surface area contributed by atoms with Crippen LogP contribution in [-0.2, 0) is 23.9 Å². The molecule has 1 rings (SSSR count). The average molecular weight is 314 g/mol. The molecule has 0 radical (unpaired) electrons. The fourth-order valence-electron chi connectivity index (χ4n) is 2.06. The lowest BCUT2D eigenvalue weighted by Gasteiger charge is -2.20. The summed E-state index contributed by atoms with van der Waals surface area (Å²) >= 11 is 0. The minimum atomic E-state index is -4.33. The van der Waals surface area contributed by atoms with Crippen molar-refractivity contribution in [3.8, 4) is 0 Å². The highest BCUT2D eigenvalue weighted by atomic mass is 32.2. The Balaban J connectivity index is 2.91. The van der Waals surface area contributed by atoms with E-state index in [0.717, 1.165) is 18.4 Å². The van der Waals surface area contributed by atoms with Crippen molar-refractivity contribution in [2.75, 3.05) is 0 Å². The Labute approximate surface area is 126 Å². The van der Waals surface area contributed by atoms with Crippen molar-refractivity contribution in [2.24, 2.45) is 5.92 Å². The number of carbonyl (C=O) groups excluding carboxylic acids is 2. The van der Waals surface area contributed by atoms with Crippen LogP contribution in [0.1, 0.15) is 53.4 Å². The van der Waals surface area contributed by atoms with Crippen molar-refractivity contribution in [1.29, 1.82) is 0 Å². The molecule has 0 fully saturated rings. The van der Waals surface area contributed by atoms with E-state index in [2.05, 4.69) is 4.18 Å². The largest absolute Gasteiger partial charge is 0.345 e. The second-order valence-electron chi connectivity index (χ2n) is 5.33. The molecule has 0 saturated carbocycles. The van der Waals surface area contributed by atoms with Crippen LogP contribution in [0.15, 0.2) is 22.1 Å². The van der Waals surface area contributed by atoms with Gasteiger partial charge in [-0.25, -0.2) is 0 Å². The van der Waals surface area contributed by atoms with Crippen molar-refractivity contribution in [1.82, 2.24) is 0 Å². The molecule has 0 bridgehead atoms. The van der Waals surface area contributed by atoms with Gasteiger partial charge in [-0.15, -0.1) is 0 Å². The van der Waals surface area contributed by atoms with Crippen molar-refractivity contribution in [3.05, 3.63) is 22.1 Å². The molecule has 0 aromatic rings. The van der Waals surface area contributed by atoms with Gasteiger partial charge in [0.15, 0.2) is 5.78 Å². The van der Waals surface area contributed by atoms with Crippen LogP contribution in [-0.4, -0.2) is 20.2 Å². The van der Waals surface area contributed by atoms with Crippen LogP contribution < -0.4 is 0 Å². The number of carbonyl (C=O) groups is 2. The smallest absolute Gasteiger partial charge is 0.342 e. The van der Waals surface area contributed by atoms with Gasteiger partial charge in [0, 0.05) is 12.3 Å². The lowest BCUT2D eigenvalue weighted by Crippen LogP contribution is -2.27. The molecule has 1 unspecified atom stereocenters. The standard InChI is InChI=1S/C15H22O5S/c1-5-6-7-8-14(16)20-21(18,19)13-9-10(2)11(3)12(4)15(13)17/h9,12H,5-8H2,1-4H3. The molecule has 0 aromatic carbocycles. The molecule has 1 atom stereocenters. The number of unbranched alkanes of at least 4 members (excludes halogenated alkanes) is 2. The molecule has 6 heteroatoms. The molecule has 0 N–H and O–H groups in total. The third-order valence-corrected chi connectivity index (χ3v) is 4.97. The van der Waals surface area contributed by atoms with E-state index in [0.29, 0.717) is 12.0 Å². The first-order chi connectivity index (χ1) is 9.70. The summed E-state index contributed by atoms with van der Waals surface area (Å²) in [6.45, 7) is 7.14. The number of Topliss-reactive ketones (excluding diaryl/α,β-unsaturated/α-hetero) is 1. The zero-order chi connectivity index (χ0) is 16.2. The molecule has 0 heterocycles. The van der Waals surface area contributed by atoms with E-state index in [9.17, 15) is 18.0 Å². The fraction of sp³-hybridized carbons (Fsp3) is 0.600. The normalized spacial score (nSPS) is 19.5. The summed E-state index contributed by atoms with van der Waals surface area (Å²) in [6, 6.07) is 0. The van der Waals surface area contributed by atoms with E-state index in [1.165, 1.54) is 6.08 Å². The molecule has 0 saturated heterocycles. The Kier molecular flexibility index (Phi) is 5.89. The zero-order valence-corrected chi connectivity index (χ0v) is 13.7. The number of hydrogen-bond donors (Lipinski definition) is 0. The Morgan fingerprint density at radius 1 is 1.29 bits per heavy atom. The highest BCUT2D eigenvalue weighted by Gasteiger charge is 2.35. The highest BCUT2D eigenvalue weighted by Crippen LogP contribution is 2.29. The number of allylic oxidation sites excluding steroid dienone is 4. The third kappa shape index (κ3) is 4.27. The number of hydrogen-bond acceptors (Lipinski definition) is 5. The molecule has 0 spiro atoms. The summed E-state index contributed by atoms with van der Waals surface area (Å²) < 4.78 is 28.7. The van der Waals surface area contributed by atoms with Gasteiger partial charge >= 0.3 is 16.1 Å². The van der Waals surface area contributed by atoms with Gasteiger partial charge in [0.2, 0.25) is 0 Å². The molecule has 1 aliphatic rings. The Morgan fingerprint density at radius 3 is 2.48 bits per heavy atom. The second kappa shape index (κ2) is 7.02. The Hall–Kier alpha value is -1.43. The lowest BCUT2D eigenvalue weighted by atomic mass is 9.89. The zero-order valence-electron chi connectivity index (χ0n) is 12.9. The predicted octanol–water partition coefficient (Wildman–Crippen LogP) is 2.88. The lowest BCUT2D eigenvalue weighted by molar-refractivity contribution is -0.133. The molecule has 118 valence electrons. The first-order valence-corrected chi connectivity index (χ1v) is 8.52. The van der Waals surface area contributed by atoms with E-state index in [-0.39, 0.29) is 6.42 Å². The van der Waals surface area contributed by atoms with Crippen molar-refractivity contribution in [3.63, 3.8) is 0 Å². The molecule has 21 heavy (non-hydrogen) atoms. The van der Waals surface area contributed by atoms with E-state index in [1.54, 1.807) is 20.8 Å². The summed E-state index contributed by atoms with van der Waals surface area (Å²) in [4.78, 5) is 23.2. The summed E-state index contributed by atoms with van der Waals surface area (Å²) in [5.41, 5.74) is 1.54. The van der Waals surface area contributed by atoms with Crippen molar-refractivity contribution < 1.29 is 22.2 Å². The maximum atomic E-state index is 12.1. The summed E-state index contributed by atoms with van der Waals surface area (Å²) in [5, 5.41) is 0. The van der Waals surface area contributed by atoms with E-state index in [4.69, 9.17) is 0 Å². The molecule has 0 amide bonds. The molecule has 0 aliphatic heterocycles. The minimum absolute atomic E-state index is 0.0396. The third-order valence-electron chi connectivity index (χ3n) is 3.71. The summed E-state index contributed by atoms with van der Waals surface area (Å²) in [6.07, 6.45) is 3.65. The Bertz CT molecular complexity index is 596. The van der Waals surface area contributed by atoms with Crippen molar-refractivity contribution >= 4 is 21.9 Å². The quantitative estimate of drug-likeness (QED) is 0.556. The Morgan fingerprint density at radius 2 is 1.90 bits per heavy atom. The van der Waals surface area contributed by atoms with E-state index >= 15 is 0 Å².